The van der Waals surface area contributed by atoms with Gasteiger partial charge in [0, 0.05) is 13.1 Å². The number of rotatable bonds is 3. The molecule has 1 saturated heterocycles. The van der Waals surface area contributed by atoms with Gasteiger partial charge in [-0.1, -0.05) is 35.9 Å². The number of hydrogen-bond acceptors (Lipinski definition) is 2. The van der Waals surface area contributed by atoms with Gasteiger partial charge in [0.05, 0.1) is 22.2 Å². The highest BCUT2D eigenvalue weighted by Gasteiger charge is 2.30. The Kier molecular flexibility index (Phi) is 5.34. The standard InChI is InChI=1S/C19H18ClFN2O2/c20-15-8-2-4-10-17(15)22-18(24)13-6-5-11-23(12-13)19(25)14-7-1-3-9-16(14)21/h1-4,7-10,13H,5-6,11-12H2,(H,22,24). The molecule has 1 heterocycles. The van der Waals surface area contributed by atoms with E-state index in [1.165, 1.54) is 12.1 Å². The van der Waals surface area contributed by atoms with Crippen molar-refractivity contribution in [2.45, 2.75) is 12.8 Å². The van der Waals surface area contributed by atoms with E-state index in [4.69, 9.17) is 11.6 Å². The van der Waals surface area contributed by atoms with Gasteiger partial charge in [0.1, 0.15) is 5.82 Å². The Morgan fingerprint density at radius 3 is 2.60 bits per heavy atom. The molecule has 2 aromatic rings. The number of carbonyl (C=O) groups excluding carboxylic acids is 2. The van der Waals surface area contributed by atoms with Crippen LogP contribution in [0.1, 0.15) is 23.2 Å². The zero-order valence-electron chi connectivity index (χ0n) is 13.5. The largest absolute Gasteiger partial charge is 0.338 e. The summed E-state index contributed by atoms with van der Waals surface area (Å²) in [5.74, 6) is -1.46. The fourth-order valence-corrected chi connectivity index (χ4v) is 3.16. The average molecular weight is 361 g/mol. The normalized spacial score (nSPS) is 17.2. The molecule has 0 bridgehead atoms. The van der Waals surface area contributed by atoms with Gasteiger partial charge in [-0.25, -0.2) is 4.39 Å². The molecule has 2 amide bonds. The van der Waals surface area contributed by atoms with Crippen LogP contribution in [0.4, 0.5) is 10.1 Å². The third-order valence-electron chi connectivity index (χ3n) is 4.32. The highest BCUT2D eigenvalue weighted by atomic mass is 35.5. The number of para-hydroxylation sites is 1. The van der Waals surface area contributed by atoms with Crippen LogP contribution < -0.4 is 5.32 Å². The fraction of sp³-hybridized carbons (Fsp3) is 0.263. The van der Waals surface area contributed by atoms with E-state index in [2.05, 4.69) is 5.32 Å². The van der Waals surface area contributed by atoms with Crippen molar-refractivity contribution in [1.29, 1.82) is 0 Å². The van der Waals surface area contributed by atoms with Gasteiger partial charge in [-0.05, 0) is 37.1 Å². The molecule has 1 aliphatic rings. The molecule has 0 spiro atoms. The molecule has 4 nitrogen and oxygen atoms in total. The first-order chi connectivity index (χ1) is 12.1. The Labute approximate surface area is 150 Å². The first-order valence-corrected chi connectivity index (χ1v) is 8.53. The van der Waals surface area contributed by atoms with Crippen LogP contribution in [0.2, 0.25) is 5.02 Å². The van der Waals surface area contributed by atoms with Crippen molar-refractivity contribution in [2.75, 3.05) is 18.4 Å². The van der Waals surface area contributed by atoms with Gasteiger partial charge in [0.15, 0.2) is 0 Å². The van der Waals surface area contributed by atoms with Gasteiger partial charge in [-0.15, -0.1) is 0 Å². The number of amides is 2. The second-order valence-corrected chi connectivity index (χ2v) is 6.45. The lowest BCUT2D eigenvalue weighted by Crippen LogP contribution is -2.44. The molecular weight excluding hydrogens is 343 g/mol. The smallest absolute Gasteiger partial charge is 0.256 e. The van der Waals surface area contributed by atoms with Gasteiger partial charge in [0.25, 0.3) is 5.91 Å². The molecule has 2 aromatic carbocycles. The lowest BCUT2D eigenvalue weighted by molar-refractivity contribution is -0.121. The van der Waals surface area contributed by atoms with Crippen molar-refractivity contribution in [3.8, 4) is 0 Å². The third-order valence-corrected chi connectivity index (χ3v) is 4.64. The van der Waals surface area contributed by atoms with Crippen LogP contribution in [0.15, 0.2) is 48.5 Å². The molecule has 0 saturated carbocycles. The first kappa shape index (κ1) is 17.4. The van der Waals surface area contributed by atoms with E-state index < -0.39 is 5.82 Å². The van der Waals surface area contributed by atoms with Gasteiger partial charge in [-0.2, -0.15) is 0 Å². The summed E-state index contributed by atoms with van der Waals surface area (Å²) in [6, 6.07) is 12.9. The highest BCUT2D eigenvalue weighted by Crippen LogP contribution is 2.24. The molecule has 0 aromatic heterocycles. The number of halogens is 2. The highest BCUT2D eigenvalue weighted by molar-refractivity contribution is 6.33. The van der Waals surface area contributed by atoms with Crippen molar-refractivity contribution in [2.24, 2.45) is 5.92 Å². The molecule has 0 aliphatic carbocycles. The summed E-state index contributed by atoms with van der Waals surface area (Å²) in [6.07, 6.45) is 1.37. The Bertz CT molecular complexity index is 796. The van der Waals surface area contributed by atoms with Crippen LogP contribution >= 0.6 is 11.6 Å². The number of hydrogen-bond donors (Lipinski definition) is 1. The minimum absolute atomic E-state index is 0.0367. The van der Waals surface area contributed by atoms with Crippen LogP contribution in [-0.2, 0) is 4.79 Å². The molecular formula is C19H18ClFN2O2. The Morgan fingerprint density at radius 1 is 1.12 bits per heavy atom. The molecule has 0 radical (unpaired) electrons. The van der Waals surface area contributed by atoms with Crippen LogP contribution in [0.3, 0.4) is 0 Å². The quantitative estimate of drug-likeness (QED) is 0.900. The van der Waals surface area contributed by atoms with Crippen LogP contribution in [0.5, 0.6) is 0 Å². The topological polar surface area (TPSA) is 49.4 Å². The molecule has 3 rings (SSSR count). The minimum atomic E-state index is -0.546. The maximum Gasteiger partial charge on any atom is 0.256 e. The number of carbonyl (C=O) groups is 2. The predicted octanol–water partition coefficient (Wildman–Crippen LogP) is 3.97. The number of likely N-dealkylation sites (tertiary alicyclic amines) is 1. The van der Waals surface area contributed by atoms with Crippen molar-refractivity contribution in [3.05, 3.63) is 64.9 Å². The number of piperidine rings is 1. The van der Waals surface area contributed by atoms with Crippen molar-refractivity contribution >= 4 is 29.1 Å². The van der Waals surface area contributed by atoms with Crippen LogP contribution in [0, 0.1) is 11.7 Å². The predicted molar refractivity (Wildman–Crippen MR) is 95.1 cm³/mol. The molecule has 130 valence electrons. The summed E-state index contributed by atoms with van der Waals surface area (Å²) >= 11 is 6.06. The summed E-state index contributed by atoms with van der Waals surface area (Å²) in [5, 5.41) is 3.27. The van der Waals surface area contributed by atoms with E-state index in [0.29, 0.717) is 30.1 Å². The summed E-state index contributed by atoms with van der Waals surface area (Å²) in [4.78, 5) is 26.6. The minimum Gasteiger partial charge on any atom is -0.338 e. The number of nitrogens with zero attached hydrogens (tertiary/aromatic N) is 1. The average Bonchev–Trinajstić information content (AvgIpc) is 2.63. The van der Waals surface area contributed by atoms with Crippen LogP contribution in [0.25, 0.3) is 0 Å². The number of anilines is 1. The maximum atomic E-state index is 13.8. The SMILES string of the molecule is O=C(Nc1ccccc1Cl)C1CCCN(C(=O)c2ccccc2F)C1. The van der Waals surface area contributed by atoms with Crippen molar-refractivity contribution in [1.82, 2.24) is 4.90 Å². The second kappa shape index (κ2) is 7.66. The van der Waals surface area contributed by atoms with E-state index in [1.807, 2.05) is 0 Å². The lowest BCUT2D eigenvalue weighted by Gasteiger charge is -2.32. The fourth-order valence-electron chi connectivity index (χ4n) is 2.98. The monoisotopic (exact) mass is 360 g/mol. The number of nitrogens with one attached hydrogen (secondary N) is 1. The van der Waals surface area contributed by atoms with E-state index in [-0.39, 0.29) is 29.8 Å². The lowest BCUT2D eigenvalue weighted by atomic mass is 9.96. The zero-order valence-corrected chi connectivity index (χ0v) is 14.3. The number of benzene rings is 2. The summed E-state index contributed by atoms with van der Waals surface area (Å²) in [5.41, 5.74) is 0.585. The van der Waals surface area contributed by atoms with Crippen molar-refractivity contribution in [3.63, 3.8) is 0 Å². The Morgan fingerprint density at radius 2 is 1.84 bits per heavy atom. The van der Waals surface area contributed by atoms with Gasteiger partial charge >= 0.3 is 0 Å². The van der Waals surface area contributed by atoms with Gasteiger partial charge < -0.3 is 10.2 Å². The zero-order chi connectivity index (χ0) is 17.8. The molecule has 1 fully saturated rings. The van der Waals surface area contributed by atoms with E-state index in [1.54, 1.807) is 41.3 Å². The second-order valence-electron chi connectivity index (χ2n) is 6.04. The summed E-state index contributed by atoms with van der Waals surface area (Å²) in [7, 11) is 0. The van der Waals surface area contributed by atoms with E-state index >= 15 is 0 Å². The molecule has 1 aliphatic heterocycles. The maximum absolute atomic E-state index is 13.8. The molecule has 6 heteroatoms. The molecule has 1 unspecified atom stereocenters. The van der Waals surface area contributed by atoms with E-state index in [9.17, 15) is 14.0 Å². The molecule has 1 N–H and O–H groups in total. The summed E-state index contributed by atoms with van der Waals surface area (Å²) < 4.78 is 13.8. The Balaban J connectivity index is 1.69. The first-order valence-electron chi connectivity index (χ1n) is 8.15. The third kappa shape index (κ3) is 3.99. The molecule has 1 atom stereocenters. The van der Waals surface area contributed by atoms with Gasteiger partial charge in [-0.3, -0.25) is 9.59 Å². The summed E-state index contributed by atoms with van der Waals surface area (Å²) in [6.45, 7) is 0.784. The molecule has 25 heavy (non-hydrogen) atoms. The van der Waals surface area contributed by atoms with Gasteiger partial charge in [0.2, 0.25) is 5.91 Å². The van der Waals surface area contributed by atoms with Crippen molar-refractivity contribution < 1.29 is 14.0 Å². The van der Waals surface area contributed by atoms with E-state index in [0.717, 1.165) is 0 Å². The van der Waals surface area contributed by atoms with Crippen LogP contribution in [-0.4, -0.2) is 29.8 Å². The Hall–Kier alpha value is -2.40.